The molecule has 1 aliphatic heterocycles. The molecular weight excluding hydrogens is 230 g/mol. The molecule has 1 aromatic rings. The van der Waals surface area contributed by atoms with Crippen LogP contribution in [0.4, 0.5) is 5.69 Å². The van der Waals surface area contributed by atoms with Gasteiger partial charge in [-0.2, -0.15) is 0 Å². The first kappa shape index (κ1) is 12.3. The zero-order chi connectivity index (χ0) is 13.6. The van der Waals surface area contributed by atoms with Gasteiger partial charge < -0.3 is 5.32 Å². The molecule has 0 atom stereocenters. The number of nitrogens with one attached hydrogen (secondary N) is 1. The summed E-state index contributed by atoms with van der Waals surface area (Å²) in [5.74, 6) is 0. The lowest BCUT2D eigenvalue weighted by Gasteiger charge is -2.23. The number of anilines is 1. The van der Waals surface area contributed by atoms with Crippen molar-refractivity contribution >= 4 is 11.3 Å². The van der Waals surface area contributed by atoms with Gasteiger partial charge in [-0.05, 0) is 67.0 Å². The summed E-state index contributed by atoms with van der Waals surface area (Å²) in [6.45, 7) is 12.0. The summed E-state index contributed by atoms with van der Waals surface area (Å²) in [4.78, 5) is 0. The molecule has 2 aliphatic rings. The van der Waals surface area contributed by atoms with Gasteiger partial charge in [0.25, 0.3) is 0 Å². The van der Waals surface area contributed by atoms with Crippen LogP contribution in [-0.2, 0) is 6.42 Å². The lowest BCUT2D eigenvalue weighted by Crippen LogP contribution is -2.13. The van der Waals surface area contributed by atoms with Gasteiger partial charge in [0.1, 0.15) is 0 Å². The molecule has 0 saturated carbocycles. The van der Waals surface area contributed by atoms with Crippen LogP contribution in [0.25, 0.3) is 5.57 Å². The van der Waals surface area contributed by atoms with E-state index in [2.05, 4.69) is 50.9 Å². The molecule has 1 heterocycles. The van der Waals surface area contributed by atoms with Crippen LogP contribution >= 0.6 is 0 Å². The van der Waals surface area contributed by atoms with Crippen LogP contribution in [0, 0.1) is 0 Å². The average molecular weight is 251 g/mol. The summed E-state index contributed by atoms with van der Waals surface area (Å²) in [6.07, 6.45) is 2.41. The van der Waals surface area contributed by atoms with Crippen molar-refractivity contribution in [3.63, 3.8) is 0 Å². The summed E-state index contributed by atoms with van der Waals surface area (Å²) in [6, 6.07) is 6.65. The fourth-order valence-electron chi connectivity index (χ4n) is 3.19. The Hall–Kier alpha value is -1.76. The number of hydrogen-bond acceptors (Lipinski definition) is 1. The van der Waals surface area contributed by atoms with Crippen LogP contribution < -0.4 is 5.32 Å². The maximum absolute atomic E-state index is 4.30. The van der Waals surface area contributed by atoms with Gasteiger partial charge >= 0.3 is 0 Å². The molecule has 0 fully saturated rings. The number of hydrogen-bond donors (Lipinski definition) is 1. The maximum Gasteiger partial charge on any atom is 0.0452 e. The summed E-state index contributed by atoms with van der Waals surface area (Å²) in [5.41, 5.74) is 10.7. The summed E-state index contributed by atoms with van der Waals surface area (Å²) in [5, 5.41) is 3.59. The molecule has 1 nitrogen and oxygen atoms in total. The number of rotatable bonds is 1. The Bertz CT molecular complexity index is 629. The predicted molar refractivity (Wildman–Crippen MR) is 83.4 cm³/mol. The highest BCUT2D eigenvalue weighted by Gasteiger charge is 2.24. The van der Waals surface area contributed by atoms with Crippen molar-refractivity contribution in [2.45, 2.75) is 33.6 Å². The van der Waals surface area contributed by atoms with Crippen LogP contribution in [0.3, 0.4) is 0 Å². The zero-order valence-corrected chi connectivity index (χ0v) is 12.1. The Morgan fingerprint density at radius 3 is 2.53 bits per heavy atom. The van der Waals surface area contributed by atoms with E-state index in [1.54, 1.807) is 0 Å². The van der Waals surface area contributed by atoms with Gasteiger partial charge in [0.2, 0.25) is 0 Å². The van der Waals surface area contributed by atoms with Crippen molar-refractivity contribution in [2.75, 3.05) is 11.9 Å². The van der Waals surface area contributed by atoms with Gasteiger partial charge in [-0.15, -0.1) is 0 Å². The van der Waals surface area contributed by atoms with Crippen molar-refractivity contribution < 1.29 is 0 Å². The highest BCUT2D eigenvalue weighted by molar-refractivity contribution is 5.96. The molecule has 1 aliphatic carbocycles. The largest absolute Gasteiger partial charge is 0.384 e. The minimum Gasteiger partial charge on any atom is -0.384 e. The lowest BCUT2D eigenvalue weighted by atomic mass is 9.91. The summed E-state index contributed by atoms with van der Waals surface area (Å²) >= 11 is 0. The molecule has 0 amide bonds. The number of benzene rings is 1. The van der Waals surface area contributed by atoms with E-state index in [1.165, 1.54) is 57.5 Å². The SMILES string of the molecule is C=C1C(C)=C(C)C(C)=C1c1cccc2c1NCCC2. The number of para-hydroxylation sites is 1. The fraction of sp³-hybridized carbons (Fsp3) is 0.333. The minimum atomic E-state index is 1.08. The average Bonchev–Trinajstić information content (AvgIpc) is 2.63. The predicted octanol–water partition coefficient (Wildman–Crippen LogP) is 4.72. The van der Waals surface area contributed by atoms with E-state index in [4.69, 9.17) is 0 Å². The Morgan fingerprint density at radius 1 is 1.05 bits per heavy atom. The molecule has 19 heavy (non-hydrogen) atoms. The Balaban J connectivity index is 2.18. The first-order valence-corrected chi connectivity index (χ1v) is 7.05. The maximum atomic E-state index is 4.30. The molecular formula is C18H21N. The molecule has 0 unspecified atom stereocenters. The van der Waals surface area contributed by atoms with Crippen molar-refractivity contribution in [3.05, 3.63) is 58.2 Å². The van der Waals surface area contributed by atoms with Crippen LogP contribution in [0.2, 0.25) is 0 Å². The molecule has 0 spiro atoms. The smallest absolute Gasteiger partial charge is 0.0452 e. The van der Waals surface area contributed by atoms with Gasteiger partial charge in [-0.25, -0.2) is 0 Å². The van der Waals surface area contributed by atoms with Gasteiger partial charge in [0.15, 0.2) is 0 Å². The Kier molecular flexibility index (Phi) is 2.85. The van der Waals surface area contributed by atoms with E-state index < -0.39 is 0 Å². The summed E-state index contributed by atoms with van der Waals surface area (Å²) in [7, 11) is 0. The summed E-state index contributed by atoms with van der Waals surface area (Å²) < 4.78 is 0. The van der Waals surface area contributed by atoms with E-state index in [-0.39, 0.29) is 0 Å². The third-order valence-electron chi connectivity index (χ3n) is 4.60. The monoisotopic (exact) mass is 251 g/mol. The zero-order valence-electron chi connectivity index (χ0n) is 12.1. The Morgan fingerprint density at radius 2 is 1.84 bits per heavy atom. The highest BCUT2D eigenvalue weighted by atomic mass is 14.9. The standard InChI is InChI=1S/C18H21N/c1-11-12(2)14(4)17(13(11)3)16-9-5-7-15-8-6-10-19-18(15)16/h5,7,9,19H,3,6,8,10H2,1-2,4H3. The number of allylic oxidation sites excluding steroid dienone is 5. The van der Waals surface area contributed by atoms with Gasteiger partial charge in [0.05, 0.1) is 0 Å². The second kappa shape index (κ2) is 4.41. The first-order valence-electron chi connectivity index (χ1n) is 7.05. The van der Waals surface area contributed by atoms with E-state index >= 15 is 0 Å². The second-order valence-corrected chi connectivity index (χ2v) is 5.60. The van der Waals surface area contributed by atoms with Crippen LogP contribution in [0.5, 0.6) is 0 Å². The normalized spacial score (nSPS) is 18.8. The lowest BCUT2D eigenvalue weighted by molar-refractivity contribution is 0.829. The van der Waals surface area contributed by atoms with E-state index in [1.807, 2.05) is 0 Å². The molecule has 0 aromatic heterocycles. The topological polar surface area (TPSA) is 12.0 Å². The quantitative estimate of drug-likeness (QED) is 0.761. The fourth-order valence-corrected chi connectivity index (χ4v) is 3.19. The van der Waals surface area contributed by atoms with Gasteiger partial charge in [0, 0.05) is 17.8 Å². The molecule has 1 N–H and O–H groups in total. The number of fused-ring (bicyclic) bond motifs is 1. The van der Waals surface area contributed by atoms with Gasteiger partial charge in [-0.3, -0.25) is 0 Å². The van der Waals surface area contributed by atoms with Crippen molar-refractivity contribution in [3.8, 4) is 0 Å². The van der Waals surface area contributed by atoms with E-state index in [9.17, 15) is 0 Å². The molecule has 98 valence electrons. The first-order chi connectivity index (χ1) is 9.11. The van der Waals surface area contributed by atoms with E-state index in [0.717, 1.165) is 6.54 Å². The molecule has 0 radical (unpaired) electrons. The third-order valence-corrected chi connectivity index (χ3v) is 4.60. The second-order valence-electron chi connectivity index (χ2n) is 5.60. The molecule has 0 saturated heterocycles. The highest BCUT2D eigenvalue weighted by Crippen LogP contribution is 2.44. The third kappa shape index (κ3) is 1.76. The van der Waals surface area contributed by atoms with Crippen molar-refractivity contribution in [2.24, 2.45) is 0 Å². The molecule has 0 bridgehead atoms. The van der Waals surface area contributed by atoms with Crippen LogP contribution in [-0.4, -0.2) is 6.54 Å². The molecule has 1 aromatic carbocycles. The van der Waals surface area contributed by atoms with Crippen LogP contribution in [0.1, 0.15) is 38.3 Å². The van der Waals surface area contributed by atoms with Crippen LogP contribution in [0.15, 0.2) is 47.1 Å². The van der Waals surface area contributed by atoms with Crippen molar-refractivity contribution in [1.82, 2.24) is 0 Å². The molecule has 1 heteroatoms. The van der Waals surface area contributed by atoms with Crippen molar-refractivity contribution in [1.29, 1.82) is 0 Å². The van der Waals surface area contributed by atoms with Gasteiger partial charge in [-0.1, -0.05) is 24.8 Å². The Labute approximate surface area is 115 Å². The number of aryl methyl sites for hydroxylation is 1. The molecule has 3 rings (SSSR count). The minimum absolute atomic E-state index is 1.08. The van der Waals surface area contributed by atoms with E-state index in [0.29, 0.717) is 0 Å².